The molecule has 0 saturated carbocycles. The number of nitrogens with zero attached hydrogens (tertiary/aromatic N) is 2. The molecule has 5 nitrogen and oxygen atoms in total. The summed E-state index contributed by atoms with van der Waals surface area (Å²) in [7, 11) is -3.95. The molecule has 1 amide bonds. The van der Waals surface area contributed by atoms with E-state index in [2.05, 4.69) is 6.92 Å². The molecule has 7 heteroatoms. The summed E-state index contributed by atoms with van der Waals surface area (Å²) in [5, 5.41) is 0. The lowest BCUT2D eigenvalue weighted by atomic mass is 10.0. The lowest BCUT2D eigenvalue weighted by Crippen LogP contribution is -2.46. The van der Waals surface area contributed by atoms with E-state index in [0.717, 1.165) is 17.1 Å². The van der Waals surface area contributed by atoms with Gasteiger partial charge in [0.25, 0.3) is 10.0 Å². The van der Waals surface area contributed by atoms with Crippen molar-refractivity contribution in [1.82, 2.24) is 4.90 Å². The van der Waals surface area contributed by atoms with Gasteiger partial charge in [0.15, 0.2) is 0 Å². The first-order chi connectivity index (χ1) is 12.9. The highest BCUT2D eigenvalue weighted by Crippen LogP contribution is 2.25. The van der Waals surface area contributed by atoms with E-state index in [1.54, 1.807) is 23.1 Å². The molecule has 1 fully saturated rings. The third kappa shape index (κ3) is 4.47. The predicted octanol–water partition coefficient (Wildman–Crippen LogP) is 3.28. The van der Waals surface area contributed by atoms with Gasteiger partial charge < -0.3 is 4.90 Å². The SMILES string of the molecule is CC1CCCN(C(=O)CN(c2ccc(F)cc2)S(=O)(=O)c2ccccc2)C1. The second-order valence-corrected chi connectivity index (χ2v) is 8.75. The number of likely N-dealkylation sites (tertiary alicyclic amines) is 1. The van der Waals surface area contributed by atoms with E-state index in [-0.39, 0.29) is 23.0 Å². The van der Waals surface area contributed by atoms with Crippen molar-refractivity contribution in [2.45, 2.75) is 24.7 Å². The summed E-state index contributed by atoms with van der Waals surface area (Å²) < 4.78 is 40.7. The summed E-state index contributed by atoms with van der Waals surface area (Å²) in [5.41, 5.74) is 0.263. The number of rotatable bonds is 5. The fourth-order valence-electron chi connectivity index (χ4n) is 3.28. The largest absolute Gasteiger partial charge is 0.341 e. The number of hydrogen-bond donors (Lipinski definition) is 0. The van der Waals surface area contributed by atoms with Crippen LogP contribution in [0, 0.1) is 11.7 Å². The first kappa shape index (κ1) is 19.4. The minimum absolute atomic E-state index is 0.0918. The summed E-state index contributed by atoms with van der Waals surface area (Å²) in [6.45, 7) is 3.03. The van der Waals surface area contributed by atoms with Crippen LogP contribution in [0.1, 0.15) is 19.8 Å². The Morgan fingerprint density at radius 1 is 1.15 bits per heavy atom. The van der Waals surface area contributed by atoms with Gasteiger partial charge in [0.2, 0.25) is 5.91 Å². The molecule has 2 aromatic carbocycles. The number of anilines is 1. The molecule has 0 bridgehead atoms. The topological polar surface area (TPSA) is 57.7 Å². The van der Waals surface area contributed by atoms with E-state index >= 15 is 0 Å². The maximum absolute atomic E-state index is 13.3. The molecule has 3 rings (SSSR count). The van der Waals surface area contributed by atoms with Gasteiger partial charge in [-0.3, -0.25) is 9.10 Å². The zero-order chi connectivity index (χ0) is 19.4. The number of carbonyl (C=O) groups excluding carboxylic acids is 1. The number of amides is 1. The van der Waals surface area contributed by atoms with Crippen molar-refractivity contribution >= 4 is 21.6 Å². The Hall–Kier alpha value is -2.41. The molecule has 27 heavy (non-hydrogen) atoms. The van der Waals surface area contributed by atoms with Crippen LogP contribution in [0.4, 0.5) is 10.1 Å². The summed E-state index contributed by atoms with van der Waals surface area (Å²) in [6, 6.07) is 13.1. The van der Waals surface area contributed by atoms with Crippen LogP contribution >= 0.6 is 0 Å². The quantitative estimate of drug-likeness (QED) is 0.787. The molecular formula is C20H23FN2O3S. The molecule has 144 valence electrons. The van der Waals surface area contributed by atoms with Crippen LogP contribution in [0.15, 0.2) is 59.5 Å². The van der Waals surface area contributed by atoms with E-state index in [9.17, 15) is 17.6 Å². The molecule has 0 aliphatic carbocycles. The van der Waals surface area contributed by atoms with E-state index in [4.69, 9.17) is 0 Å². The molecule has 1 aliphatic rings. The molecule has 1 heterocycles. The highest BCUT2D eigenvalue weighted by molar-refractivity contribution is 7.92. The molecular weight excluding hydrogens is 367 g/mol. The van der Waals surface area contributed by atoms with Crippen LogP contribution < -0.4 is 4.31 Å². The van der Waals surface area contributed by atoms with Crippen LogP contribution in [0.5, 0.6) is 0 Å². The number of sulfonamides is 1. The van der Waals surface area contributed by atoms with Crippen molar-refractivity contribution in [3.05, 3.63) is 60.4 Å². The number of halogens is 1. The maximum atomic E-state index is 13.3. The Morgan fingerprint density at radius 2 is 1.81 bits per heavy atom. The maximum Gasteiger partial charge on any atom is 0.264 e. The lowest BCUT2D eigenvalue weighted by Gasteiger charge is -2.33. The molecule has 0 N–H and O–H groups in total. The Morgan fingerprint density at radius 3 is 2.44 bits per heavy atom. The zero-order valence-electron chi connectivity index (χ0n) is 15.2. The van der Waals surface area contributed by atoms with Gasteiger partial charge in [-0.15, -0.1) is 0 Å². The first-order valence-corrected chi connectivity index (χ1v) is 10.4. The average molecular weight is 390 g/mol. The minimum atomic E-state index is -3.95. The number of piperidine rings is 1. The molecule has 0 aromatic heterocycles. The van der Waals surface area contributed by atoms with Crippen molar-refractivity contribution in [3.63, 3.8) is 0 Å². The van der Waals surface area contributed by atoms with Crippen LogP contribution in [0.25, 0.3) is 0 Å². The molecule has 1 unspecified atom stereocenters. The minimum Gasteiger partial charge on any atom is -0.341 e. The van der Waals surface area contributed by atoms with Gasteiger partial charge in [0, 0.05) is 13.1 Å². The average Bonchev–Trinajstić information content (AvgIpc) is 2.67. The summed E-state index contributed by atoms with van der Waals surface area (Å²) in [5.74, 6) is -0.315. The fraction of sp³-hybridized carbons (Fsp3) is 0.350. The summed E-state index contributed by atoms with van der Waals surface area (Å²) in [4.78, 5) is 14.6. The Balaban J connectivity index is 1.93. The van der Waals surface area contributed by atoms with E-state index in [0.29, 0.717) is 19.0 Å². The van der Waals surface area contributed by atoms with E-state index in [1.807, 2.05) is 0 Å². The Kier molecular flexibility index (Phi) is 5.79. The van der Waals surface area contributed by atoms with Crippen molar-refractivity contribution in [2.24, 2.45) is 5.92 Å². The highest BCUT2D eigenvalue weighted by Gasteiger charge is 2.30. The summed E-state index contributed by atoms with van der Waals surface area (Å²) >= 11 is 0. The smallest absolute Gasteiger partial charge is 0.264 e. The van der Waals surface area contributed by atoms with Crippen LogP contribution in [0.3, 0.4) is 0 Å². The molecule has 0 radical (unpaired) electrons. The van der Waals surface area contributed by atoms with Gasteiger partial charge in [0.1, 0.15) is 12.4 Å². The van der Waals surface area contributed by atoms with Crippen LogP contribution in [0.2, 0.25) is 0 Å². The fourth-order valence-corrected chi connectivity index (χ4v) is 4.72. The Labute approximate surface area is 159 Å². The standard InChI is InChI=1S/C20H23FN2O3S/c1-16-6-5-13-22(14-16)20(24)15-23(18-11-9-17(21)10-12-18)27(25,26)19-7-3-2-4-8-19/h2-4,7-12,16H,5-6,13-15H2,1H3. The van der Waals surface area contributed by atoms with E-state index < -0.39 is 15.8 Å². The van der Waals surface area contributed by atoms with Crippen molar-refractivity contribution < 1.29 is 17.6 Å². The van der Waals surface area contributed by atoms with Crippen molar-refractivity contribution in [1.29, 1.82) is 0 Å². The molecule has 2 aromatic rings. The Bertz CT molecular complexity index is 885. The van der Waals surface area contributed by atoms with Crippen molar-refractivity contribution in [2.75, 3.05) is 23.9 Å². The highest BCUT2D eigenvalue weighted by atomic mass is 32.2. The van der Waals surface area contributed by atoms with Gasteiger partial charge in [0.05, 0.1) is 10.6 Å². The van der Waals surface area contributed by atoms with Gasteiger partial charge in [-0.1, -0.05) is 25.1 Å². The van der Waals surface area contributed by atoms with Crippen LogP contribution in [-0.2, 0) is 14.8 Å². The first-order valence-electron chi connectivity index (χ1n) is 8.99. The normalized spacial score (nSPS) is 17.6. The lowest BCUT2D eigenvalue weighted by molar-refractivity contribution is -0.131. The second-order valence-electron chi connectivity index (χ2n) is 6.89. The van der Waals surface area contributed by atoms with Gasteiger partial charge >= 0.3 is 0 Å². The van der Waals surface area contributed by atoms with Gasteiger partial charge in [-0.05, 0) is 55.2 Å². The predicted molar refractivity (Wildman–Crippen MR) is 102 cm³/mol. The second kappa shape index (κ2) is 8.08. The van der Waals surface area contributed by atoms with Crippen LogP contribution in [-0.4, -0.2) is 38.9 Å². The van der Waals surface area contributed by atoms with Gasteiger partial charge in [-0.25, -0.2) is 12.8 Å². The van der Waals surface area contributed by atoms with Gasteiger partial charge in [-0.2, -0.15) is 0 Å². The third-order valence-electron chi connectivity index (χ3n) is 4.73. The summed E-state index contributed by atoms with van der Waals surface area (Å²) in [6.07, 6.45) is 1.97. The van der Waals surface area contributed by atoms with E-state index in [1.165, 1.54) is 36.4 Å². The third-order valence-corrected chi connectivity index (χ3v) is 6.52. The zero-order valence-corrected chi connectivity index (χ0v) is 16.0. The molecule has 1 aliphatic heterocycles. The molecule has 1 saturated heterocycles. The van der Waals surface area contributed by atoms with Crippen molar-refractivity contribution in [3.8, 4) is 0 Å². The molecule has 1 atom stereocenters. The number of benzene rings is 2. The monoisotopic (exact) mass is 390 g/mol. The molecule has 0 spiro atoms. The number of hydrogen-bond acceptors (Lipinski definition) is 3. The number of carbonyl (C=O) groups is 1.